The van der Waals surface area contributed by atoms with Gasteiger partial charge in [0.25, 0.3) is 0 Å². The van der Waals surface area contributed by atoms with E-state index in [0.717, 1.165) is 17.6 Å². The molecule has 3 heterocycles. The van der Waals surface area contributed by atoms with Gasteiger partial charge in [-0.05, 0) is 74.7 Å². The van der Waals surface area contributed by atoms with Crippen LogP contribution in [0, 0.1) is 12.7 Å². The number of allylic oxidation sites excluding steroid dienone is 1. The van der Waals surface area contributed by atoms with Crippen LogP contribution in [0.2, 0.25) is 0 Å². The number of nitrogens with zero attached hydrogens (tertiary/aromatic N) is 2. The molecule has 2 aliphatic rings. The van der Waals surface area contributed by atoms with Crippen molar-refractivity contribution < 1.29 is 4.39 Å². The van der Waals surface area contributed by atoms with E-state index < -0.39 is 0 Å². The molecule has 0 spiro atoms. The molecule has 138 valence electrons. The van der Waals surface area contributed by atoms with Crippen molar-refractivity contribution in [1.29, 1.82) is 0 Å². The minimum absolute atomic E-state index is 0.189. The maximum Gasteiger partial charge on any atom is 0.123 e. The number of rotatable bonds is 2. The molecule has 3 heteroatoms. The van der Waals surface area contributed by atoms with Gasteiger partial charge in [-0.15, -0.1) is 0 Å². The highest BCUT2D eigenvalue weighted by Gasteiger charge is 2.40. The summed E-state index contributed by atoms with van der Waals surface area (Å²) in [6.07, 6.45) is 5.88. The molecule has 2 aromatic carbocycles. The fraction of sp³-hybridized carbons (Fsp3) is 0.333. The SMILES string of the molecule is C/C(=C\n1c2c(c3cc(C)ccc31)C1CCC(C2)N1C)c1ccc(F)cc1. The van der Waals surface area contributed by atoms with Crippen LogP contribution in [-0.4, -0.2) is 22.6 Å². The van der Waals surface area contributed by atoms with Crippen molar-refractivity contribution in [2.75, 3.05) is 7.05 Å². The molecule has 2 aliphatic heterocycles. The Balaban J connectivity index is 1.72. The van der Waals surface area contributed by atoms with Crippen molar-refractivity contribution in [2.24, 2.45) is 0 Å². The molecule has 5 rings (SSSR count). The first kappa shape index (κ1) is 16.8. The molecule has 0 radical (unpaired) electrons. The maximum atomic E-state index is 13.3. The van der Waals surface area contributed by atoms with E-state index in [-0.39, 0.29) is 5.82 Å². The zero-order valence-corrected chi connectivity index (χ0v) is 16.2. The van der Waals surface area contributed by atoms with Crippen LogP contribution in [-0.2, 0) is 6.42 Å². The minimum atomic E-state index is -0.189. The fourth-order valence-corrected chi connectivity index (χ4v) is 5.04. The van der Waals surface area contributed by atoms with Crippen LogP contribution >= 0.6 is 0 Å². The van der Waals surface area contributed by atoms with E-state index in [4.69, 9.17) is 0 Å². The zero-order valence-electron chi connectivity index (χ0n) is 16.2. The first-order valence-corrected chi connectivity index (χ1v) is 9.82. The molecule has 0 aliphatic carbocycles. The quantitative estimate of drug-likeness (QED) is 0.561. The van der Waals surface area contributed by atoms with Gasteiger partial charge in [0.1, 0.15) is 5.82 Å². The van der Waals surface area contributed by atoms with Crippen LogP contribution in [0.25, 0.3) is 22.7 Å². The van der Waals surface area contributed by atoms with E-state index in [9.17, 15) is 4.39 Å². The average molecular weight is 360 g/mol. The maximum absolute atomic E-state index is 13.3. The molecule has 27 heavy (non-hydrogen) atoms. The number of halogens is 1. The van der Waals surface area contributed by atoms with Crippen LogP contribution in [0.4, 0.5) is 4.39 Å². The lowest BCUT2D eigenvalue weighted by atomic mass is 9.97. The average Bonchev–Trinajstić information content (AvgIpc) is 3.06. The number of aryl methyl sites for hydroxylation is 1. The molecule has 1 saturated heterocycles. The molecule has 1 aromatic heterocycles. The van der Waals surface area contributed by atoms with Crippen LogP contribution < -0.4 is 0 Å². The predicted octanol–water partition coefficient (Wildman–Crippen LogP) is 5.80. The van der Waals surface area contributed by atoms with Crippen LogP contribution in [0.3, 0.4) is 0 Å². The Morgan fingerprint density at radius 3 is 2.67 bits per heavy atom. The first-order chi connectivity index (χ1) is 13.0. The minimum Gasteiger partial charge on any atom is -0.320 e. The van der Waals surface area contributed by atoms with Crippen molar-refractivity contribution in [2.45, 2.75) is 45.2 Å². The second kappa shape index (κ2) is 6.07. The van der Waals surface area contributed by atoms with Crippen molar-refractivity contribution >= 4 is 22.7 Å². The molecule has 0 N–H and O–H groups in total. The van der Waals surface area contributed by atoms with E-state index in [1.807, 2.05) is 12.1 Å². The molecule has 1 fully saturated rings. The summed E-state index contributed by atoms with van der Waals surface area (Å²) >= 11 is 0. The Bertz CT molecular complexity index is 1060. The summed E-state index contributed by atoms with van der Waals surface area (Å²) in [7, 11) is 2.28. The number of aromatic nitrogens is 1. The van der Waals surface area contributed by atoms with Gasteiger partial charge in [-0.1, -0.05) is 23.8 Å². The summed E-state index contributed by atoms with van der Waals surface area (Å²) in [6, 6.07) is 14.8. The lowest BCUT2D eigenvalue weighted by Crippen LogP contribution is -2.34. The monoisotopic (exact) mass is 360 g/mol. The normalized spacial score (nSPS) is 22.4. The molecular weight excluding hydrogens is 335 g/mol. The first-order valence-electron chi connectivity index (χ1n) is 9.82. The van der Waals surface area contributed by atoms with Crippen molar-refractivity contribution in [3.63, 3.8) is 0 Å². The zero-order chi connectivity index (χ0) is 18.7. The largest absolute Gasteiger partial charge is 0.320 e. The molecule has 3 aromatic rings. The summed E-state index contributed by atoms with van der Waals surface area (Å²) in [4.78, 5) is 2.57. The third-order valence-electron chi connectivity index (χ3n) is 6.53. The fourth-order valence-electron chi connectivity index (χ4n) is 5.04. The highest BCUT2D eigenvalue weighted by atomic mass is 19.1. The predicted molar refractivity (Wildman–Crippen MR) is 110 cm³/mol. The summed E-state index contributed by atoms with van der Waals surface area (Å²) in [6.45, 7) is 4.29. The van der Waals surface area contributed by atoms with E-state index >= 15 is 0 Å². The van der Waals surface area contributed by atoms with E-state index in [2.05, 4.69) is 54.8 Å². The molecule has 2 bridgehead atoms. The standard InChI is InChI=1S/C24H25FN2/c1-15-4-10-21-20(12-15)24-22-11-9-19(26(22)3)13-23(24)27(21)14-16(2)17-5-7-18(25)8-6-17/h4-8,10,12,14,19,22H,9,11,13H2,1-3H3/b16-14+. The second-order valence-electron chi connectivity index (χ2n) is 8.19. The third-order valence-corrected chi connectivity index (χ3v) is 6.53. The summed E-state index contributed by atoms with van der Waals surface area (Å²) in [5.74, 6) is -0.189. The molecular formula is C24H25FN2. The molecule has 0 amide bonds. The Labute approximate surface area is 159 Å². The topological polar surface area (TPSA) is 8.17 Å². The van der Waals surface area contributed by atoms with Gasteiger partial charge in [0.2, 0.25) is 0 Å². The Morgan fingerprint density at radius 2 is 1.89 bits per heavy atom. The summed E-state index contributed by atoms with van der Waals surface area (Å²) in [5.41, 5.74) is 7.80. The lowest BCUT2D eigenvalue weighted by Gasteiger charge is -2.32. The number of likely N-dealkylation sites (N-methyl/N-ethyl adjacent to an activating group) is 1. The second-order valence-corrected chi connectivity index (χ2v) is 8.19. The van der Waals surface area contributed by atoms with Gasteiger partial charge < -0.3 is 4.57 Å². The smallest absolute Gasteiger partial charge is 0.123 e. The van der Waals surface area contributed by atoms with Crippen LogP contribution in [0.1, 0.15) is 48.2 Å². The lowest BCUT2D eigenvalue weighted by molar-refractivity contribution is 0.223. The van der Waals surface area contributed by atoms with Gasteiger partial charge in [-0.25, -0.2) is 4.39 Å². The van der Waals surface area contributed by atoms with E-state index in [1.165, 1.54) is 52.7 Å². The van der Waals surface area contributed by atoms with E-state index in [1.54, 1.807) is 0 Å². The van der Waals surface area contributed by atoms with Crippen molar-refractivity contribution in [1.82, 2.24) is 9.47 Å². The Kier molecular flexibility index (Phi) is 3.76. The van der Waals surface area contributed by atoms with Gasteiger partial charge in [0.05, 0.1) is 5.52 Å². The summed E-state index contributed by atoms with van der Waals surface area (Å²) in [5, 5.41) is 1.39. The highest BCUT2D eigenvalue weighted by Crippen LogP contribution is 2.47. The highest BCUT2D eigenvalue weighted by molar-refractivity contribution is 5.91. The number of hydrogen-bond acceptors (Lipinski definition) is 1. The summed E-state index contributed by atoms with van der Waals surface area (Å²) < 4.78 is 15.7. The van der Waals surface area contributed by atoms with Crippen LogP contribution in [0.15, 0.2) is 42.5 Å². The molecule has 2 atom stereocenters. The third kappa shape index (κ3) is 2.56. The van der Waals surface area contributed by atoms with Gasteiger partial charge in [-0.3, -0.25) is 4.90 Å². The van der Waals surface area contributed by atoms with Crippen molar-refractivity contribution in [3.05, 3.63) is 70.7 Å². The molecule has 0 saturated carbocycles. The Hall–Kier alpha value is -2.39. The van der Waals surface area contributed by atoms with Crippen LogP contribution in [0.5, 0.6) is 0 Å². The number of fused-ring (bicyclic) bond motifs is 6. The van der Waals surface area contributed by atoms with Crippen molar-refractivity contribution in [3.8, 4) is 0 Å². The number of benzene rings is 2. The van der Waals surface area contributed by atoms with Gasteiger partial charge in [0, 0.05) is 35.8 Å². The van der Waals surface area contributed by atoms with Gasteiger partial charge in [-0.2, -0.15) is 0 Å². The van der Waals surface area contributed by atoms with Gasteiger partial charge >= 0.3 is 0 Å². The van der Waals surface area contributed by atoms with E-state index in [0.29, 0.717) is 12.1 Å². The number of hydrogen-bond donors (Lipinski definition) is 0. The Morgan fingerprint density at radius 1 is 1.11 bits per heavy atom. The molecule has 2 nitrogen and oxygen atoms in total. The molecule has 2 unspecified atom stereocenters. The van der Waals surface area contributed by atoms with Gasteiger partial charge in [0.15, 0.2) is 0 Å².